The first-order chi connectivity index (χ1) is 4.61. The zero-order valence-corrected chi connectivity index (χ0v) is 13.6. The molecule has 0 heterocycles. The van der Waals surface area contributed by atoms with Crippen LogP contribution in [0.2, 0.25) is 0 Å². The maximum atomic E-state index is 5.00. The summed E-state index contributed by atoms with van der Waals surface area (Å²) >= 11 is 9.99. The zero-order valence-electron chi connectivity index (χ0n) is 7.97. The van der Waals surface area contributed by atoms with Crippen LogP contribution in [0.25, 0.3) is 0 Å². The Morgan fingerprint density at radius 1 is 0.833 bits per heavy atom. The molecule has 1 rings (SSSR count). The van der Waals surface area contributed by atoms with Crippen molar-refractivity contribution in [3.8, 4) is 0 Å². The van der Waals surface area contributed by atoms with Crippen molar-refractivity contribution in [3.05, 3.63) is 23.3 Å². The van der Waals surface area contributed by atoms with Crippen LogP contribution in [0.4, 0.5) is 0 Å². The van der Waals surface area contributed by atoms with Crippen LogP contribution in [-0.4, -0.2) is 0 Å². The molecule has 0 spiro atoms. The van der Waals surface area contributed by atoms with Gasteiger partial charge in [0.2, 0.25) is 0 Å². The predicted molar refractivity (Wildman–Crippen MR) is 47.2 cm³/mol. The second kappa shape index (κ2) is 7.02. The minimum atomic E-state index is 0. The van der Waals surface area contributed by atoms with E-state index in [1.165, 1.54) is 11.1 Å². The maximum absolute atomic E-state index is 5.00. The molecular weight excluding hydrogens is 206 g/mol. The molecule has 0 atom stereocenters. The van der Waals surface area contributed by atoms with Crippen molar-refractivity contribution in [3.63, 3.8) is 0 Å². The Morgan fingerprint density at radius 2 is 1.08 bits per heavy atom. The quantitative estimate of drug-likeness (QED) is 0.320. The van der Waals surface area contributed by atoms with Gasteiger partial charge in [0.15, 0.2) is 0 Å². The van der Waals surface area contributed by atoms with Crippen LogP contribution in [0.3, 0.4) is 0 Å². The fourth-order valence-corrected chi connectivity index (χ4v) is 1.23. The Balaban J connectivity index is 0. The summed E-state index contributed by atoms with van der Waals surface area (Å²) in [6.07, 6.45) is 0. The molecule has 0 radical (unpaired) electrons. The van der Waals surface area contributed by atoms with E-state index in [1.54, 1.807) is 0 Å². The summed E-state index contributed by atoms with van der Waals surface area (Å²) in [7, 11) is 0. The van der Waals surface area contributed by atoms with E-state index in [4.69, 9.17) is 25.3 Å². The largest absolute Gasteiger partial charge is 1.00 e. The molecule has 0 aliphatic heterocycles. The van der Waals surface area contributed by atoms with Gasteiger partial charge in [-0.1, -0.05) is 12.1 Å². The third-order valence-electron chi connectivity index (χ3n) is 1.56. The normalized spacial score (nSPS) is 8.17. The van der Waals surface area contributed by atoms with E-state index < -0.39 is 0 Å². The van der Waals surface area contributed by atoms with Gasteiger partial charge < -0.3 is 25.3 Å². The van der Waals surface area contributed by atoms with Crippen molar-refractivity contribution in [2.75, 3.05) is 0 Å². The van der Waals surface area contributed by atoms with Crippen LogP contribution in [-0.2, 0) is 25.3 Å². The smallest absolute Gasteiger partial charge is 0.781 e. The third-order valence-corrected chi connectivity index (χ3v) is 2.36. The minimum Gasteiger partial charge on any atom is -0.781 e. The van der Waals surface area contributed by atoms with Crippen LogP contribution in [0, 0.1) is 13.8 Å². The number of rotatable bonds is 0. The molecule has 0 amide bonds. The van der Waals surface area contributed by atoms with E-state index in [9.17, 15) is 0 Å². The van der Waals surface area contributed by atoms with Crippen molar-refractivity contribution in [1.29, 1.82) is 0 Å². The van der Waals surface area contributed by atoms with Crippen LogP contribution >= 0.6 is 0 Å². The monoisotopic (exact) mass is 214 g/mol. The van der Waals surface area contributed by atoms with Crippen molar-refractivity contribution >= 4 is 25.3 Å². The van der Waals surface area contributed by atoms with Crippen LogP contribution in [0.5, 0.6) is 0 Å². The van der Waals surface area contributed by atoms with Gasteiger partial charge in [0, 0.05) is 0 Å². The SMILES string of the molecule is Cc1cc([S-])c([S-])cc1C.[Na+].[Na+]. The molecule has 12 heavy (non-hydrogen) atoms. The Hall–Kier alpha value is 1.66. The Labute approximate surface area is 129 Å². The summed E-state index contributed by atoms with van der Waals surface area (Å²) in [5, 5.41) is 0. The molecule has 0 bridgehead atoms. The van der Waals surface area contributed by atoms with Gasteiger partial charge in [-0.05, 0) is 25.0 Å². The fraction of sp³-hybridized carbons (Fsp3) is 0.250. The van der Waals surface area contributed by atoms with Gasteiger partial charge in [-0.15, -0.1) is 0 Å². The minimum absolute atomic E-state index is 0. The van der Waals surface area contributed by atoms with E-state index in [0.29, 0.717) is 0 Å². The fourth-order valence-electron chi connectivity index (χ4n) is 0.763. The summed E-state index contributed by atoms with van der Waals surface area (Å²) in [4.78, 5) is 1.58. The van der Waals surface area contributed by atoms with E-state index in [0.717, 1.165) is 9.79 Å². The summed E-state index contributed by atoms with van der Waals surface area (Å²) in [5.41, 5.74) is 2.44. The average Bonchev–Trinajstić information content (AvgIpc) is 1.84. The topological polar surface area (TPSA) is 0 Å². The van der Waals surface area contributed by atoms with Gasteiger partial charge in [-0.3, -0.25) is 0 Å². The third kappa shape index (κ3) is 4.25. The first-order valence-electron chi connectivity index (χ1n) is 3.06. The summed E-state index contributed by atoms with van der Waals surface area (Å²) in [6, 6.07) is 3.90. The molecule has 1 aromatic rings. The van der Waals surface area contributed by atoms with Gasteiger partial charge in [0.05, 0.1) is 0 Å². The van der Waals surface area contributed by atoms with Crippen LogP contribution in [0.1, 0.15) is 11.1 Å². The first-order valence-corrected chi connectivity index (χ1v) is 3.88. The van der Waals surface area contributed by atoms with Crippen LogP contribution in [0.15, 0.2) is 21.9 Å². The van der Waals surface area contributed by atoms with Gasteiger partial charge in [0.25, 0.3) is 0 Å². The second-order valence-electron chi connectivity index (χ2n) is 2.38. The standard InChI is InChI=1S/C8H10S2.2Na/c1-5-3-7(9)8(10)4-6(5)2;;/h3-4,9-10H,1-2H3;;/q;2*+1/p-2. The maximum Gasteiger partial charge on any atom is 1.00 e. The average molecular weight is 214 g/mol. The molecule has 0 aliphatic rings. The molecule has 0 aromatic heterocycles. The molecule has 4 heteroatoms. The Bertz CT molecular complexity index is 211. The Morgan fingerprint density at radius 3 is 1.33 bits per heavy atom. The number of hydrogen-bond donors (Lipinski definition) is 0. The summed E-state index contributed by atoms with van der Waals surface area (Å²) < 4.78 is 0. The van der Waals surface area contributed by atoms with E-state index in [1.807, 2.05) is 26.0 Å². The Kier molecular flexibility index (Phi) is 9.42. The summed E-state index contributed by atoms with van der Waals surface area (Å²) in [6.45, 7) is 4.08. The predicted octanol–water partition coefficient (Wildman–Crippen LogP) is -3.88. The van der Waals surface area contributed by atoms with Crippen molar-refractivity contribution in [2.24, 2.45) is 0 Å². The molecule has 0 nitrogen and oxygen atoms in total. The number of hydrogen-bond acceptors (Lipinski definition) is 2. The molecule has 0 N–H and O–H groups in total. The van der Waals surface area contributed by atoms with Gasteiger partial charge in [0.1, 0.15) is 0 Å². The zero-order chi connectivity index (χ0) is 7.72. The van der Waals surface area contributed by atoms with E-state index >= 15 is 0 Å². The van der Waals surface area contributed by atoms with Crippen molar-refractivity contribution in [2.45, 2.75) is 23.6 Å². The molecule has 0 saturated heterocycles. The van der Waals surface area contributed by atoms with Gasteiger partial charge in [-0.25, -0.2) is 0 Å². The van der Waals surface area contributed by atoms with Gasteiger partial charge >= 0.3 is 59.1 Å². The number of aryl methyl sites for hydroxylation is 2. The molecule has 1 aromatic carbocycles. The van der Waals surface area contributed by atoms with Gasteiger partial charge in [-0.2, -0.15) is 9.79 Å². The van der Waals surface area contributed by atoms with Crippen molar-refractivity contribution in [1.82, 2.24) is 0 Å². The second-order valence-corrected chi connectivity index (χ2v) is 3.26. The first kappa shape index (κ1) is 16.1. The molecule has 0 fully saturated rings. The van der Waals surface area contributed by atoms with E-state index in [-0.39, 0.29) is 59.1 Å². The molecule has 54 valence electrons. The molecule has 0 aliphatic carbocycles. The number of benzene rings is 1. The molecule has 0 unspecified atom stereocenters. The molecular formula is C8H8Na2S2. The van der Waals surface area contributed by atoms with Crippen LogP contribution < -0.4 is 59.1 Å². The van der Waals surface area contributed by atoms with E-state index in [2.05, 4.69) is 0 Å². The molecule has 0 saturated carbocycles. The van der Waals surface area contributed by atoms with Crippen molar-refractivity contribution < 1.29 is 59.1 Å². The summed E-state index contributed by atoms with van der Waals surface area (Å²) in [5.74, 6) is 0.